The van der Waals surface area contributed by atoms with Crippen LogP contribution >= 0.6 is 11.3 Å². The van der Waals surface area contributed by atoms with E-state index in [1.165, 1.54) is 0 Å². The summed E-state index contributed by atoms with van der Waals surface area (Å²) in [5, 5.41) is 8.45. The van der Waals surface area contributed by atoms with Crippen LogP contribution in [0.2, 0.25) is 0 Å². The summed E-state index contributed by atoms with van der Waals surface area (Å²) < 4.78 is 0. The Bertz CT molecular complexity index is 1160. The van der Waals surface area contributed by atoms with Crippen LogP contribution in [0.5, 0.6) is 0 Å². The van der Waals surface area contributed by atoms with Crippen molar-refractivity contribution < 1.29 is 14.4 Å². The molecule has 0 saturated carbocycles. The number of benzene rings is 2. The highest BCUT2D eigenvalue weighted by molar-refractivity contribution is 7.09. The Morgan fingerprint density at radius 1 is 1.16 bits per heavy atom. The molecule has 1 aliphatic rings. The molecule has 0 aliphatic carbocycles. The SMILES string of the molecule is Cc1nc(-c2cccc(NC(=O)CN3C(=O)N[C@@](C)(CCc4ccccc4)C3=O)c2)cs1. The molecule has 8 heteroatoms. The highest BCUT2D eigenvalue weighted by Gasteiger charge is 2.47. The van der Waals surface area contributed by atoms with Gasteiger partial charge in [-0.15, -0.1) is 11.3 Å². The lowest BCUT2D eigenvalue weighted by Crippen LogP contribution is -2.45. The van der Waals surface area contributed by atoms with Gasteiger partial charge in [-0.05, 0) is 44.4 Å². The molecule has 2 N–H and O–H groups in total. The lowest BCUT2D eigenvalue weighted by Gasteiger charge is -2.21. The Labute approximate surface area is 190 Å². The number of hydrogen-bond acceptors (Lipinski definition) is 5. The van der Waals surface area contributed by atoms with E-state index in [4.69, 9.17) is 0 Å². The first-order valence-electron chi connectivity index (χ1n) is 10.3. The molecule has 1 aliphatic heterocycles. The number of nitrogens with zero attached hydrogens (tertiary/aromatic N) is 2. The Hall–Kier alpha value is -3.52. The van der Waals surface area contributed by atoms with Crippen molar-refractivity contribution in [1.29, 1.82) is 0 Å². The molecule has 4 amide bonds. The van der Waals surface area contributed by atoms with Crippen molar-refractivity contribution >= 4 is 34.9 Å². The number of amides is 4. The number of urea groups is 1. The molecule has 1 fully saturated rings. The average molecular weight is 449 g/mol. The van der Waals surface area contributed by atoms with Crippen LogP contribution in [0.15, 0.2) is 60.0 Å². The number of carbonyl (C=O) groups excluding carboxylic acids is 3. The van der Waals surface area contributed by atoms with Crippen LogP contribution in [0.4, 0.5) is 10.5 Å². The van der Waals surface area contributed by atoms with E-state index in [1.807, 2.05) is 60.8 Å². The molecule has 2 aromatic carbocycles. The van der Waals surface area contributed by atoms with E-state index < -0.39 is 17.5 Å². The summed E-state index contributed by atoms with van der Waals surface area (Å²) in [6, 6.07) is 16.6. The average Bonchev–Trinajstić information content (AvgIpc) is 3.30. The number of aromatic nitrogens is 1. The summed E-state index contributed by atoms with van der Waals surface area (Å²) in [6.07, 6.45) is 1.10. The largest absolute Gasteiger partial charge is 0.325 e. The third-order valence-electron chi connectivity index (χ3n) is 5.46. The molecule has 1 atom stereocenters. The molecule has 0 radical (unpaired) electrons. The predicted molar refractivity (Wildman–Crippen MR) is 124 cm³/mol. The second kappa shape index (κ2) is 8.92. The minimum absolute atomic E-state index is 0.342. The number of aryl methyl sites for hydroxylation is 2. The first kappa shape index (κ1) is 21.7. The molecular formula is C24H24N4O3S. The van der Waals surface area contributed by atoms with Gasteiger partial charge in [0.1, 0.15) is 12.1 Å². The third-order valence-corrected chi connectivity index (χ3v) is 6.24. The predicted octanol–water partition coefficient (Wildman–Crippen LogP) is 4.00. The zero-order valence-corrected chi connectivity index (χ0v) is 18.7. The van der Waals surface area contributed by atoms with Crippen LogP contribution in [0.25, 0.3) is 11.3 Å². The van der Waals surface area contributed by atoms with Gasteiger partial charge in [-0.25, -0.2) is 9.78 Å². The smallest absolute Gasteiger partial charge is 0.325 e. The molecule has 1 aromatic heterocycles. The van der Waals surface area contributed by atoms with Gasteiger partial charge < -0.3 is 10.6 Å². The van der Waals surface area contributed by atoms with E-state index >= 15 is 0 Å². The van der Waals surface area contributed by atoms with Crippen LogP contribution in [-0.2, 0) is 16.0 Å². The standard InChI is InChI=1S/C24H24N4O3S/c1-16-25-20(15-32-16)18-9-6-10-19(13-18)26-21(29)14-28-22(30)24(2,27-23(28)31)12-11-17-7-4-3-5-8-17/h3-10,13,15H,11-12,14H2,1-2H3,(H,26,29)(H,27,31)/t24-/m0/s1. The van der Waals surface area contributed by atoms with Crippen molar-refractivity contribution in [2.75, 3.05) is 11.9 Å². The zero-order chi connectivity index (χ0) is 22.7. The first-order valence-corrected chi connectivity index (χ1v) is 11.2. The van der Waals surface area contributed by atoms with Crippen LogP contribution in [-0.4, -0.2) is 39.8 Å². The van der Waals surface area contributed by atoms with Crippen LogP contribution in [0.3, 0.4) is 0 Å². The Kier molecular flexibility index (Phi) is 6.05. The molecule has 1 saturated heterocycles. The molecule has 4 rings (SSSR count). The Morgan fingerprint density at radius 3 is 2.66 bits per heavy atom. The number of rotatable bonds is 7. The third kappa shape index (κ3) is 4.70. The van der Waals surface area contributed by atoms with E-state index in [2.05, 4.69) is 15.6 Å². The molecule has 0 spiro atoms. The fraction of sp³-hybridized carbons (Fsp3) is 0.250. The van der Waals surface area contributed by atoms with Crippen molar-refractivity contribution in [3.05, 3.63) is 70.5 Å². The van der Waals surface area contributed by atoms with Crippen molar-refractivity contribution in [1.82, 2.24) is 15.2 Å². The van der Waals surface area contributed by atoms with Gasteiger partial charge in [-0.3, -0.25) is 14.5 Å². The first-order chi connectivity index (χ1) is 15.3. The van der Waals surface area contributed by atoms with Gasteiger partial charge in [-0.2, -0.15) is 0 Å². The molecular weight excluding hydrogens is 424 g/mol. The van der Waals surface area contributed by atoms with E-state index in [0.717, 1.165) is 26.7 Å². The van der Waals surface area contributed by atoms with Gasteiger partial charge in [0.2, 0.25) is 5.91 Å². The van der Waals surface area contributed by atoms with Crippen molar-refractivity contribution in [2.24, 2.45) is 0 Å². The number of hydrogen-bond donors (Lipinski definition) is 2. The highest BCUT2D eigenvalue weighted by atomic mass is 32.1. The summed E-state index contributed by atoms with van der Waals surface area (Å²) in [5.41, 5.74) is 2.36. The molecule has 0 bridgehead atoms. The molecule has 2 heterocycles. The molecule has 32 heavy (non-hydrogen) atoms. The molecule has 0 unspecified atom stereocenters. The van der Waals surface area contributed by atoms with Gasteiger partial charge in [0.05, 0.1) is 10.7 Å². The summed E-state index contributed by atoms with van der Waals surface area (Å²) in [7, 11) is 0. The number of anilines is 1. The Balaban J connectivity index is 1.39. The number of carbonyl (C=O) groups is 3. The maximum absolute atomic E-state index is 12.9. The van der Waals surface area contributed by atoms with E-state index in [9.17, 15) is 14.4 Å². The maximum Gasteiger partial charge on any atom is 0.325 e. The topological polar surface area (TPSA) is 91.4 Å². The summed E-state index contributed by atoms with van der Waals surface area (Å²) in [6.45, 7) is 3.30. The minimum atomic E-state index is -1.03. The number of imide groups is 1. The lowest BCUT2D eigenvalue weighted by molar-refractivity contribution is -0.133. The second-order valence-electron chi connectivity index (χ2n) is 8.02. The fourth-order valence-electron chi connectivity index (χ4n) is 3.70. The Morgan fingerprint density at radius 2 is 1.94 bits per heavy atom. The van der Waals surface area contributed by atoms with Crippen molar-refractivity contribution in [3.8, 4) is 11.3 Å². The quantitative estimate of drug-likeness (QED) is 0.535. The van der Waals surface area contributed by atoms with E-state index in [0.29, 0.717) is 18.5 Å². The molecule has 3 aromatic rings. The highest BCUT2D eigenvalue weighted by Crippen LogP contribution is 2.25. The number of nitrogens with one attached hydrogen (secondary N) is 2. The van der Waals surface area contributed by atoms with Gasteiger partial charge in [0, 0.05) is 16.6 Å². The zero-order valence-electron chi connectivity index (χ0n) is 17.9. The lowest BCUT2D eigenvalue weighted by atomic mass is 9.93. The minimum Gasteiger partial charge on any atom is -0.325 e. The monoisotopic (exact) mass is 448 g/mol. The maximum atomic E-state index is 12.9. The van der Waals surface area contributed by atoms with E-state index in [-0.39, 0.29) is 12.5 Å². The van der Waals surface area contributed by atoms with Crippen LogP contribution < -0.4 is 10.6 Å². The summed E-state index contributed by atoms with van der Waals surface area (Å²) in [4.78, 5) is 43.4. The van der Waals surface area contributed by atoms with Crippen LogP contribution in [0.1, 0.15) is 23.9 Å². The van der Waals surface area contributed by atoms with Crippen LogP contribution in [0, 0.1) is 6.92 Å². The van der Waals surface area contributed by atoms with Gasteiger partial charge in [0.25, 0.3) is 5.91 Å². The van der Waals surface area contributed by atoms with Crippen molar-refractivity contribution in [2.45, 2.75) is 32.2 Å². The van der Waals surface area contributed by atoms with Gasteiger partial charge in [0.15, 0.2) is 0 Å². The van der Waals surface area contributed by atoms with Gasteiger partial charge in [-0.1, -0.05) is 42.5 Å². The van der Waals surface area contributed by atoms with Gasteiger partial charge >= 0.3 is 6.03 Å². The number of thiazole rings is 1. The van der Waals surface area contributed by atoms with E-state index in [1.54, 1.807) is 24.3 Å². The van der Waals surface area contributed by atoms with Crippen molar-refractivity contribution in [3.63, 3.8) is 0 Å². The normalized spacial score (nSPS) is 18.0. The fourth-order valence-corrected chi connectivity index (χ4v) is 4.32. The summed E-state index contributed by atoms with van der Waals surface area (Å²) in [5.74, 6) is -0.826. The molecule has 164 valence electrons. The molecule has 7 nitrogen and oxygen atoms in total. The summed E-state index contributed by atoms with van der Waals surface area (Å²) >= 11 is 1.56. The second-order valence-corrected chi connectivity index (χ2v) is 9.08.